The van der Waals surface area contributed by atoms with E-state index in [4.69, 9.17) is 0 Å². The number of phenols is 1. The summed E-state index contributed by atoms with van der Waals surface area (Å²) in [5, 5.41) is 11.2. The van der Waals surface area contributed by atoms with Crippen LogP contribution >= 0.6 is 11.3 Å². The minimum Gasteiger partial charge on any atom is -0.507 e. The largest absolute Gasteiger partial charge is 0.507 e. The topological polar surface area (TPSA) is 50.2 Å². The predicted octanol–water partition coefficient (Wildman–Crippen LogP) is 4.19. The number of allylic oxidation sites excluding steroid dienone is 1. The number of hydrogen-bond donors (Lipinski definition) is 1. The third-order valence-corrected chi connectivity index (χ3v) is 4.23. The standard InChI is InChI=1S/C17H13NO2S/c1-11-9-12(5-4-8-19)16(20)13(10-11)17-18-14-6-2-3-7-15(14)21-17/h2-10,20H,1H3/b5-4+. The van der Waals surface area contributed by atoms with Crippen LogP contribution in [0.2, 0.25) is 0 Å². The number of rotatable bonds is 3. The van der Waals surface area contributed by atoms with Gasteiger partial charge < -0.3 is 5.11 Å². The van der Waals surface area contributed by atoms with E-state index in [0.717, 1.165) is 20.8 Å². The van der Waals surface area contributed by atoms with Gasteiger partial charge in [-0.05, 0) is 48.9 Å². The minimum absolute atomic E-state index is 0.151. The molecule has 0 atom stereocenters. The molecule has 2 aromatic carbocycles. The first-order chi connectivity index (χ1) is 10.2. The average molecular weight is 295 g/mol. The molecular weight excluding hydrogens is 282 g/mol. The second-order valence-electron chi connectivity index (χ2n) is 4.73. The average Bonchev–Trinajstić information content (AvgIpc) is 2.91. The van der Waals surface area contributed by atoms with E-state index in [-0.39, 0.29) is 5.75 Å². The zero-order valence-corrected chi connectivity index (χ0v) is 12.2. The van der Waals surface area contributed by atoms with Gasteiger partial charge in [0.25, 0.3) is 0 Å². The molecule has 0 spiro atoms. The molecule has 1 aromatic heterocycles. The lowest BCUT2D eigenvalue weighted by Crippen LogP contribution is -1.85. The van der Waals surface area contributed by atoms with E-state index in [2.05, 4.69) is 4.98 Å². The number of aromatic hydroxyl groups is 1. The monoisotopic (exact) mass is 295 g/mol. The molecule has 0 fully saturated rings. The Morgan fingerprint density at radius 3 is 2.81 bits per heavy atom. The highest BCUT2D eigenvalue weighted by Gasteiger charge is 2.13. The first kappa shape index (κ1) is 13.5. The van der Waals surface area contributed by atoms with Crippen LogP contribution in [0.3, 0.4) is 0 Å². The molecule has 104 valence electrons. The third-order valence-electron chi connectivity index (χ3n) is 3.16. The van der Waals surface area contributed by atoms with E-state index < -0.39 is 0 Å². The maximum absolute atomic E-state index is 10.5. The van der Waals surface area contributed by atoms with Crippen molar-refractivity contribution < 1.29 is 9.90 Å². The van der Waals surface area contributed by atoms with Gasteiger partial charge in [0.15, 0.2) is 0 Å². The summed E-state index contributed by atoms with van der Waals surface area (Å²) in [7, 11) is 0. The molecule has 1 heterocycles. The number of carbonyl (C=O) groups excluding carboxylic acids is 1. The van der Waals surface area contributed by atoms with Crippen LogP contribution in [-0.2, 0) is 4.79 Å². The summed E-state index contributed by atoms with van der Waals surface area (Å²) in [4.78, 5) is 15.0. The van der Waals surface area contributed by atoms with Crippen molar-refractivity contribution in [2.45, 2.75) is 6.92 Å². The van der Waals surface area contributed by atoms with Crippen molar-refractivity contribution in [3.05, 3.63) is 53.6 Å². The smallest absolute Gasteiger partial charge is 0.142 e. The fraction of sp³-hybridized carbons (Fsp3) is 0.0588. The molecule has 3 aromatic rings. The molecule has 0 aliphatic rings. The summed E-state index contributed by atoms with van der Waals surface area (Å²) in [6.07, 6.45) is 3.67. The van der Waals surface area contributed by atoms with Gasteiger partial charge in [-0.3, -0.25) is 4.79 Å². The van der Waals surface area contributed by atoms with Crippen molar-refractivity contribution in [3.63, 3.8) is 0 Å². The van der Waals surface area contributed by atoms with Crippen molar-refractivity contribution in [3.8, 4) is 16.3 Å². The van der Waals surface area contributed by atoms with Crippen LogP contribution in [-0.4, -0.2) is 16.4 Å². The van der Waals surface area contributed by atoms with Gasteiger partial charge in [-0.25, -0.2) is 4.98 Å². The van der Waals surface area contributed by atoms with Gasteiger partial charge in [-0.2, -0.15) is 0 Å². The molecule has 4 heteroatoms. The number of carbonyl (C=O) groups is 1. The van der Waals surface area contributed by atoms with Crippen molar-refractivity contribution in [2.75, 3.05) is 0 Å². The zero-order valence-electron chi connectivity index (χ0n) is 11.4. The quantitative estimate of drug-likeness (QED) is 0.582. The SMILES string of the molecule is Cc1cc(/C=C/C=O)c(O)c(-c2nc3ccccc3s2)c1. The fourth-order valence-corrected chi connectivity index (χ4v) is 3.21. The molecule has 0 saturated carbocycles. The van der Waals surface area contributed by atoms with Gasteiger partial charge in [-0.15, -0.1) is 11.3 Å². The zero-order chi connectivity index (χ0) is 14.8. The first-order valence-corrected chi connectivity index (χ1v) is 7.32. The highest BCUT2D eigenvalue weighted by Crippen LogP contribution is 2.38. The van der Waals surface area contributed by atoms with Crippen LogP contribution in [0.4, 0.5) is 0 Å². The Labute approximate surface area is 126 Å². The fourth-order valence-electron chi connectivity index (χ4n) is 2.23. The van der Waals surface area contributed by atoms with E-state index in [1.54, 1.807) is 17.4 Å². The number of phenolic OH excluding ortho intramolecular Hbond substituents is 1. The van der Waals surface area contributed by atoms with Crippen LogP contribution in [0.25, 0.3) is 26.9 Å². The molecular formula is C17H13NO2S. The Morgan fingerprint density at radius 1 is 1.24 bits per heavy atom. The molecule has 0 aliphatic carbocycles. The lowest BCUT2D eigenvalue weighted by atomic mass is 10.0. The number of benzene rings is 2. The highest BCUT2D eigenvalue weighted by molar-refractivity contribution is 7.21. The maximum atomic E-state index is 10.5. The van der Waals surface area contributed by atoms with Crippen molar-refractivity contribution in [1.82, 2.24) is 4.98 Å². The molecule has 0 saturated heterocycles. The van der Waals surface area contributed by atoms with E-state index in [9.17, 15) is 9.90 Å². The predicted molar refractivity (Wildman–Crippen MR) is 86.6 cm³/mol. The van der Waals surface area contributed by atoms with Gasteiger partial charge in [0, 0.05) is 5.56 Å². The minimum atomic E-state index is 0.151. The molecule has 0 radical (unpaired) electrons. The number of fused-ring (bicyclic) bond motifs is 1. The molecule has 3 rings (SSSR count). The summed E-state index contributed by atoms with van der Waals surface area (Å²) < 4.78 is 1.08. The van der Waals surface area contributed by atoms with Crippen LogP contribution in [0.15, 0.2) is 42.5 Å². The second kappa shape index (κ2) is 5.50. The molecule has 1 N–H and O–H groups in total. The lowest BCUT2D eigenvalue weighted by molar-refractivity contribution is -0.104. The number of aldehydes is 1. The third kappa shape index (κ3) is 2.58. The Kier molecular flexibility index (Phi) is 3.54. The van der Waals surface area contributed by atoms with Crippen molar-refractivity contribution >= 4 is 33.9 Å². The summed E-state index contributed by atoms with van der Waals surface area (Å²) >= 11 is 1.54. The number of aromatic nitrogens is 1. The van der Waals surface area contributed by atoms with Crippen LogP contribution in [0, 0.1) is 6.92 Å². The Balaban J connectivity index is 2.19. The van der Waals surface area contributed by atoms with Crippen LogP contribution in [0.1, 0.15) is 11.1 Å². The van der Waals surface area contributed by atoms with Crippen LogP contribution in [0.5, 0.6) is 5.75 Å². The van der Waals surface area contributed by atoms with E-state index in [1.165, 1.54) is 6.08 Å². The highest BCUT2D eigenvalue weighted by atomic mass is 32.1. The van der Waals surface area contributed by atoms with Gasteiger partial charge in [0.2, 0.25) is 0 Å². The molecule has 0 bridgehead atoms. The normalized spacial score (nSPS) is 11.3. The number of aryl methyl sites for hydroxylation is 1. The van der Waals surface area contributed by atoms with Crippen molar-refractivity contribution in [2.24, 2.45) is 0 Å². The summed E-state index contributed by atoms with van der Waals surface area (Å²) in [6, 6.07) is 11.6. The molecule has 3 nitrogen and oxygen atoms in total. The Bertz CT molecular complexity index is 816. The van der Waals surface area contributed by atoms with E-state index in [1.807, 2.05) is 43.3 Å². The molecule has 0 amide bonds. The molecule has 0 aliphatic heterocycles. The van der Waals surface area contributed by atoms with E-state index in [0.29, 0.717) is 17.4 Å². The van der Waals surface area contributed by atoms with Crippen molar-refractivity contribution in [1.29, 1.82) is 0 Å². The Hall–Kier alpha value is -2.46. The first-order valence-electron chi connectivity index (χ1n) is 6.50. The summed E-state index contributed by atoms with van der Waals surface area (Å²) in [5.41, 5.74) is 3.24. The number of thiazole rings is 1. The number of nitrogens with zero attached hydrogens (tertiary/aromatic N) is 1. The maximum Gasteiger partial charge on any atom is 0.142 e. The molecule has 0 unspecified atom stereocenters. The Morgan fingerprint density at radius 2 is 2.05 bits per heavy atom. The van der Waals surface area contributed by atoms with Gasteiger partial charge in [-0.1, -0.05) is 12.1 Å². The van der Waals surface area contributed by atoms with Gasteiger partial charge >= 0.3 is 0 Å². The lowest BCUT2D eigenvalue weighted by Gasteiger charge is -2.06. The summed E-state index contributed by atoms with van der Waals surface area (Å²) in [5.74, 6) is 0.151. The summed E-state index contributed by atoms with van der Waals surface area (Å²) in [6.45, 7) is 1.95. The molecule has 21 heavy (non-hydrogen) atoms. The number of hydrogen-bond acceptors (Lipinski definition) is 4. The van der Waals surface area contributed by atoms with Gasteiger partial charge in [0.05, 0.1) is 15.8 Å². The van der Waals surface area contributed by atoms with Crippen LogP contribution < -0.4 is 0 Å². The van der Waals surface area contributed by atoms with Gasteiger partial charge in [0.1, 0.15) is 17.0 Å². The van der Waals surface area contributed by atoms with E-state index >= 15 is 0 Å². The number of para-hydroxylation sites is 1. The second-order valence-corrected chi connectivity index (χ2v) is 5.76.